The number of nitrogens with zero attached hydrogens (tertiary/aromatic N) is 3. The summed E-state index contributed by atoms with van der Waals surface area (Å²) in [7, 11) is 0. The van der Waals surface area contributed by atoms with E-state index < -0.39 is 0 Å². The van der Waals surface area contributed by atoms with Gasteiger partial charge in [0.05, 0.1) is 11.7 Å². The van der Waals surface area contributed by atoms with E-state index in [1.54, 1.807) is 23.3 Å². The van der Waals surface area contributed by atoms with Crippen molar-refractivity contribution in [3.8, 4) is 0 Å². The largest absolute Gasteiger partial charge is 0.350 e. The maximum absolute atomic E-state index is 12.3. The molecule has 2 heterocycles. The SMILES string of the molecule is CC(C(=O)NCc1cccnc1)n1ncc2ccccc21. The number of carbonyl (C=O) groups excluding carboxylic acids is 1. The molecule has 0 aliphatic heterocycles. The second-order valence-corrected chi connectivity index (χ2v) is 4.90. The second kappa shape index (κ2) is 5.75. The molecule has 1 unspecified atom stereocenters. The number of hydrogen-bond acceptors (Lipinski definition) is 3. The van der Waals surface area contributed by atoms with E-state index >= 15 is 0 Å². The summed E-state index contributed by atoms with van der Waals surface area (Å²) in [6, 6.07) is 11.3. The number of aromatic nitrogens is 3. The highest BCUT2D eigenvalue weighted by Crippen LogP contribution is 2.17. The highest BCUT2D eigenvalue weighted by Gasteiger charge is 2.17. The third kappa shape index (κ3) is 2.76. The normalized spacial score (nSPS) is 12.2. The predicted octanol–water partition coefficient (Wildman–Crippen LogP) is 2.31. The van der Waals surface area contributed by atoms with Gasteiger partial charge in [0.2, 0.25) is 5.91 Å². The Bertz CT molecular complexity index is 751. The first-order valence-electron chi connectivity index (χ1n) is 6.84. The van der Waals surface area contributed by atoms with Crippen LogP contribution < -0.4 is 5.32 Å². The van der Waals surface area contributed by atoms with Gasteiger partial charge in [0, 0.05) is 24.3 Å². The highest BCUT2D eigenvalue weighted by molar-refractivity contribution is 5.84. The van der Waals surface area contributed by atoms with Crippen LogP contribution >= 0.6 is 0 Å². The maximum Gasteiger partial charge on any atom is 0.244 e. The molecule has 106 valence electrons. The second-order valence-electron chi connectivity index (χ2n) is 4.90. The van der Waals surface area contributed by atoms with Gasteiger partial charge in [-0.2, -0.15) is 5.10 Å². The van der Waals surface area contributed by atoms with Crippen LogP contribution in [0.25, 0.3) is 10.9 Å². The molecule has 0 saturated heterocycles. The fourth-order valence-electron chi connectivity index (χ4n) is 2.25. The standard InChI is InChI=1S/C16H16N4O/c1-12(16(21)18-10-13-5-4-8-17-9-13)20-15-7-3-2-6-14(15)11-19-20/h2-9,11-12H,10H2,1H3,(H,18,21). The molecule has 3 aromatic rings. The number of carbonyl (C=O) groups is 1. The van der Waals surface area contributed by atoms with E-state index in [4.69, 9.17) is 0 Å². The Labute approximate surface area is 122 Å². The number of para-hydroxylation sites is 1. The Morgan fingerprint density at radius 1 is 1.24 bits per heavy atom. The molecule has 0 bridgehead atoms. The number of rotatable bonds is 4. The van der Waals surface area contributed by atoms with Gasteiger partial charge in [-0.1, -0.05) is 24.3 Å². The minimum Gasteiger partial charge on any atom is -0.350 e. The van der Waals surface area contributed by atoms with Gasteiger partial charge in [-0.05, 0) is 24.6 Å². The molecule has 0 aliphatic rings. The van der Waals surface area contributed by atoms with Gasteiger partial charge in [0.15, 0.2) is 0 Å². The molecule has 1 aromatic carbocycles. The Hall–Kier alpha value is -2.69. The maximum atomic E-state index is 12.3. The predicted molar refractivity (Wildman–Crippen MR) is 80.5 cm³/mol. The van der Waals surface area contributed by atoms with Crippen LogP contribution in [0.5, 0.6) is 0 Å². The molecule has 0 fully saturated rings. The molecule has 0 spiro atoms. The lowest BCUT2D eigenvalue weighted by Crippen LogP contribution is -2.31. The van der Waals surface area contributed by atoms with Crippen molar-refractivity contribution in [1.82, 2.24) is 20.1 Å². The summed E-state index contributed by atoms with van der Waals surface area (Å²) in [4.78, 5) is 16.3. The van der Waals surface area contributed by atoms with Crippen molar-refractivity contribution in [2.24, 2.45) is 0 Å². The summed E-state index contributed by atoms with van der Waals surface area (Å²) in [6.45, 7) is 2.31. The molecule has 5 nitrogen and oxygen atoms in total. The molecule has 5 heteroatoms. The van der Waals surface area contributed by atoms with E-state index in [2.05, 4.69) is 15.4 Å². The Balaban J connectivity index is 1.72. The zero-order valence-corrected chi connectivity index (χ0v) is 11.7. The van der Waals surface area contributed by atoms with Crippen LogP contribution in [0.1, 0.15) is 18.5 Å². The summed E-state index contributed by atoms with van der Waals surface area (Å²) in [5.74, 6) is -0.0623. The molecule has 2 aromatic heterocycles. The Kier molecular flexibility index (Phi) is 3.64. The number of benzene rings is 1. The van der Waals surface area contributed by atoms with E-state index in [1.807, 2.05) is 43.3 Å². The average molecular weight is 280 g/mol. The topological polar surface area (TPSA) is 59.8 Å². The van der Waals surface area contributed by atoms with Gasteiger partial charge < -0.3 is 5.32 Å². The zero-order chi connectivity index (χ0) is 14.7. The molecule has 3 rings (SSSR count). The minimum absolute atomic E-state index is 0.0623. The summed E-state index contributed by atoms with van der Waals surface area (Å²) in [5.41, 5.74) is 1.94. The van der Waals surface area contributed by atoms with Gasteiger partial charge in [0.1, 0.15) is 6.04 Å². The van der Waals surface area contributed by atoms with E-state index in [9.17, 15) is 4.79 Å². The fraction of sp³-hybridized carbons (Fsp3) is 0.188. The van der Waals surface area contributed by atoms with Crippen molar-refractivity contribution in [2.45, 2.75) is 19.5 Å². The molecule has 0 radical (unpaired) electrons. The van der Waals surface area contributed by atoms with Gasteiger partial charge >= 0.3 is 0 Å². The first-order chi connectivity index (χ1) is 10.3. The third-order valence-electron chi connectivity index (χ3n) is 3.44. The quantitative estimate of drug-likeness (QED) is 0.797. The Morgan fingerprint density at radius 3 is 2.90 bits per heavy atom. The van der Waals surface area contributed by atoms with E-state index in [1.165, 1.54) is 0 Å². The van der Waals surface area contributed by atoms with Crippen LogP contribution in [0.15, 0.2) is 55.0 Å². The smallest absolute Gasteiger partial charge is 0.244 e. The first-order valence-corrected chi connectivity index (χ1v) is 6.84. The van der Waals surface area contributed by atoms with Crippen molar-refractivity contribution in [3.63, 3.8) is 0 Å². The summed E-state index contributed by atoms with van der Waals surface area (Å²) in [6.07, 6.45) is 5.23. The lowest BCUT2D eigenvalue weighted by Gasteiger charge is -2.13. The van der Waals surface area contributed by atoms with Gasteiger partial charge in [-0.15, -0.1) is 0 Å². The molecule has 21 heavy (non-hydrogen) atoms. The number of hydrogen-bond donors (Lipinski definition) is 1. The number of pyridine rings is 1. The van der Waals surface area contributed by atoms with E-state index in [0.29, 0.717) is 6.54 Å². The van der Waals surface area contributed by atoms with Crippen LogP contribution in [0.4, 0.5) is 0 Å². The summed E-state index contributed by atoms with van der Waals surface area (Å²) < 4.78 is 1.74. The van der Waals surface area contributed by atoms with Gasteiger partial charge in [-0.25, -0.2) is 0 Å². The van der Waals surface area contributed by atoms with Gasteiger partial charge in [-0.3, -0.25) is 14.5 Å². The minimum atomic E-state index is -0.360. The van der Waals surface area contributed by atoms with Crippen molar-refractivity contribution in [2.75, 3.05) is 0 Å². The van der Waals surface area contributed by atoms with E-state index in [0.717, 1.165) is 16.5 Å². The fourth-order valence-corrected chi connectivity index (χ4v) is 2.25. The van der Waals surface area contributed by atoms with E-state index in [-0.39, 0.29) is 11.9 Å². The molecular formula is C16H16N4O. The molecule has 0 aliphatic carbocycles. The van der Waals surface area contributed by atoms with Crippen molar-refractivity contribution in [3.05, 3.63) is 60.6 Å². The van der Waals surface area contributed by atoms with Crippen LogP contribution in [-0.2, 0) is 11.3 Å². The summed E-state index contributed by atoms with van der Waals surface area (Å²) in [5, 5.41) is 8.26. The first kappa shape index (κ1) is 13.3. The average Bonchev–Trinajstić information content (AvgIpc) is 2.97. The zero-order valence-electron chi connectivity index (χ0n) is 11.7. The van der Waals surface area contributed by atoms with Crippen LogP contribution in [0.3, 0.4) is 0 Å². The molecule has 0 saturated carbocycles. The Morgan fingerprint density at radius 2 is 2.10 bits per heavy atom. The van der Waals surface area contributed by atoms with Crippen molar-refractivity contribution in [1.29, 1.82) is 0 Å². The van der Waals surface area contributed by atoms with Gasteiger partial charge in [0.25, 0.3) is 0 Å². The molecule has 1 N–H and O–H groups in total. The monoisotopic (exact) mass is 280 g/mol. The van der Waals surface area contributed by atoms with Crippen LogP contribution in [0.2, 0.25) is 0 Å². The molecule has 1 atom stereocenters. The molecule has 1 amide bonds. The summed E-state index contributed by atoms with van der Waals surface area (Å²) >= 11 is 0. The lowest BCUT2D eigenvalue weighted by atomic mass is 10.2. The number of nitrogens with one attached hydrogen (secondary N) is 1. The third-order valence-corrected chi connectivity index (χ3v) is 3.44. The van der Waals surface area contributed by atoms with Crippen molar-refractivity contribution >= 4 is 16.8 Å². The van der Waals surface area contributed by atoms with Crippen LogP contribution in [-0.4, -0.2) is 20.7 Å². The molecular weight excluding hydrogens is 264 g/mol. The van der Waals surface area contributed by atoms with Crippen molar-refractivity contribution < 1.29 is 4.79 Å². The number of amides is 1. The number of fused-ring (bicyclic) bond motifs is 1. The lowest BCUT2D eigenvalue weighted by molar-refractivity contribution is -0.124. The van der Waals surface area contributed by atoms with Crippen LogP contribution in [0, 0.1) is 0 Å². The highest BCUT2D eigenvalue weighted by atomic mass is 16.2.